The average Bonchev–Trinajstić information content (AvgIpc) is 3.44. The number of rotatable bonds is 7. The highest BCUT2D eigenvalue weighted by atomic mass is 35.5. The molecule has 152 valence electrons. The number of para-hydroxylation sites is 1. The lowest BCUT2D eigenvalue weighted by Gasteiger charge is -2.19. The van der Waals surface area contributed by atoms with Gasteiger partial charge in [-0.1, -0.05) is 54.1 Å². The number of fused-ring (bicyclic) bond motifs is 1. The summed E-state index contributed by atoms with van der Waals surface area (Å²) in [6, 6.07) is 19.2. The Morgan fingerprint density at radius 2 is 1.77 bits per heavy atom. The molecule has 0 fully saturated rings. The van der Waals surface area contributed by atoms with E-state index in [4.69, 9.17) is 11.6 Å². The maximum absolute atomic E-state index is 12.4. The quantitative estimate of drug-likeness (QED) is 0.396. The molecule has 4 aromatic rings. The van der Waals surface area contributed by atoms with Crippen molar-refractivity contribution in [3.05, 3.63) is 93.3 Å². The van der Waals surface area contributed by atoms with Crippen LogP contribution < -0.4 is 10.6 Å². The van der Waals surface area contributed by atoms with E-state index in [1.165, 1.54) is 11.3 Å². The van der Waals surface area contributed by atoms with E-state index in [-0.39, 0.29) is 24.3 Å². The van der Waals surface area contributed by atoms with E-state index in [1.807, 2.05) is 60.1 Å². The summed E-state index contributed by atoms with van der Waals surface area (Å²) in [5, 5.41) is 9.15. The number of H-pyrrole nitrogens is 1. The molecule has 0 aliphatic heterocycles. The highest BCUT2D eigenvalue weighted by Crippen LogP contribution is 2.34. The molecule has 4 rings (SSSR count). The van der Waals surface area contributed by atoms with E-state index in [0.29, 0.717) is 16.4 Å². The number of amides is 2. The fourth-order valence-electron chi connectivity index (χ4n) is 3.46. The minimum absolute atomic E-state index is 0.0835. The van der Waals surface area contributed by atoms with Gasteiger partial charge in [-0.05, 0) is 34.7 Å². The summed E-state index contributed by atoms with van der Waals surface area (Å²) in [6.45, 7) is 0.277. The second kappa shape index (κ2) is 9.15. The van der Waals surface area contributed by atoms with Crippen LogP contribution in [0.5, 0.6) is 0 Å². The van der Waals surface area contributed by atoms with Gasteiger partial charge in [0.05, 0.1) is 11.4 Å². The first-order valence-corrected chi connectivity index (χ1v) is 10.8. The first kappa shape index (κ1) is 20.2. The lowest BCUT2D eigenvalue weighted by atomic mass is 9.90. The number of hydrogen-bond donors (Lipinski definition) is 3. The zero-order chi connectivity index (χ0) is 20.9. The first-order valence-electron chi connectivity index (χ1n) is 9.52. The molecule has 2 aromatic carbocycles. The molecule has 0 radical (unpaired) electrons. The fraction of sp³-hybridized carbons (Fsp3) is 0.130. The molecule has 2 heterocycles. The predicted molar refractivity (Wildman–Crippen MR) is 121 cm³/mol. The van der Waals surface area contributed by atoms with E-state index in [9.17, 15) is 9.59 Å². The first-order chi connectivity index (χ1) is 14.6. The lowest BCUT2D eigenvalue weighted by molar-refractivity contribution is -0.120. The van der Waals surface area contributed by atoms with Crippen LogP contribution in [-0.4, -0.2) is 29.9 Å². The summed E-state index contributed by atoms with van der Waals surface area (Å²) in [7, 11) is 0. The van der Waals surface area contributed by atoms with E-state index < -0.39 is 0 Å². The van der Waals surface area contributed by atoms with Crippen LogP contribution in [0.1, 0.15) is 26.7 Å². The van der Waals surface area contributed by atoms with Crippen molar-refractivity contribution in [2.75, 3.05) is 13.1 Å². The van der Waals surface area contributed by atoms with E-state index in [0.717, 1.165) is 22.0 Å². The Morgan fingerprint density at radius 3 is 2.57 bits per heavy atom. The Balaban J connectivity index is 1.50. The molecule has 0 spiro atoms. The lowest BCUT2D eigenvalue weighted by Crippen LogP contribution is -2.38. The summed E-state index contributed by atoms with van der Waals surface area (Å²) >= 11 is 7.82. The van der Waals surface area contributed by atoms with Crippen molar-refractivity contribution in [3.8, 4) is 0 Å². The Bertz CT molecular complexity index is 1170. The van der Waals surface area contributed by atoms with Crippen molar-refractivity contribution in [2.45, 2.75) is 5.92 Å². The van der Waals surface area contributed by atoms with Gasteiger partial charge in [-0.2, -0.15) is 0 Å². The zero-order valence-electron chi connectivity index (χ0n) is 16.0. The van der Waals surface area contributed by atoms with Gasteiger partial charge in [0.2, 0.25) is 5.91 Å². The fourth-order valence-corrected chi connectivity index (χ4v) is 4.37. The number of halogens is 1. The van der Waals surface area contributed by atoms with Crippen LogP contribution in [0.4, 0.5) is 0 Å². The number of aromatic amines is 1. The smallest absolute Gasteiger partial charge is 0.261 e. The molecule has 0 saturated heterocycles. The van der Waals surface area contributed by atoms with Gasteiger partial charge < -0.3 is 15.6 Å². The van der Waals surface area contributed by atoms with Gasteiger partial charge in [0, 0.05) is 34.6 Å². The molecule has 0 bridgehead atoms. The molecular weight excluding hydrogens is 418 g/mol. The van der Waals surface area contributed by atoms with Crippen molar-refractivity contribution >= 4 is 45.7 Å². The van der Waals surface area contributed by atoms with Gasteiger partial charge in [-0.25, -0.2) is 0 Å². The summed E-state index contributed by atoms with van der Waals surface area (Å²) in [5.41, 5.74) is 3.02. The standard InChI is InChI=1S/C23H20ClN3O2S/c24-19-8-3-1-6-15(19)17(18-12-25-20-9-4-2-7-16(18)20)13-26-22(28)14-27-23(29)21-10-5-11-30-21/h1-12,17,25H,13-14H2,(H,26,28)(H,27,29). The maximum Gasteiger partial charge on any atom is 0.261 e. The molecule has 7 heteroatoms. The summed E-state index contributed by atoms with van der Waals surface area (Å²) in [5.74, 6) is -0.636. The van der Waals surface area contributed by atoms with Crippen LogP contribution >= 0.6 is 22.9 Å². The third-order valence-electron chi connectivity index (χ3n) is 4.94. The molecule has 5 nitrogen and oxygen atoms in total. The third kappa shape index (κ3) is 4.40. The van der Waals surface area contributed by atoms with Gasteiger partial charge in [0.25, 0.3) is 5.91 Å². The average molecular weight is 438 g/mol. The molecule has 0 aliphatic carbocycles. The van der Waals surface area contributed by atoms with Crippen molar-refractivity contribution in [3.63, 3.8) is 0 Å². The number of thiophene rings is 1. The number of hydrogen-bond acceptors (Lipinski definition) is 3. The minimum Gasteiger partial charge on any atom is -0.361 e. The summed E-state index contributed by atoms with van der Waals surface area (Å²) in [6.07, 6.45) is 1.96. The third-order valence-corrected chi connectivity index (χ3v) is 6.15. The monoisotopic (exact) mass is 437 g/mol. The van der Waals surface area contributed by atoms with Gasteiger partial charge in [-0.15, -0.1) is 11.3 Å². The molecule has 1 unspecified atom stereocenters. The molecule has 2 aromatic heterocycles. The largest absolute Gasteiger partial charge is 0.361 e. The van der Waals surface area contributed by atoms with E-state index >= 15 is 0 Å². The highest BCUT2D eigenvalue weighted by molar-refractivity contribution is 7.12. The molecule has 30 heavy (non-hydrogen) atoms. The second-order valence-electron chi connectivity index (χ2n) is 6.83. The topological polar surface area (TPSA) is 74.0 Å². The van der Waals surface area contributed by atoms with Crippen LogP contribution in [0.2, 0.25) is 5.02 Å². The van der Waals surface area contributed by atoms with E-state index in [2.05, 4.69) is 15.6 Å². The SMILES string of the molecule is O=C(CNC(=O)c1cccs1)NCC(c1ccccc1Cl)c1c[nH]c2ccccc12. The molecule has 0 saturated carbocycles. The Hall–Kier alpha value is -3.09. The maximum atomic E-state index is 12.4. The highest BCUT2D eigenvalue weighted by Gasteiger charge is 2.21. The number of carbonyl (C=O) groups is 2. The van der Waals surface area contributed by atoms with Crippen molar-refractivity contribution in [1.82, 2.24) is 15.6 Å². The van der Waals surface area contributed by atoms with Gasteiger partial charge in [0.15, 0.2) is 0 Å². The van der Waals surface area contributed by atoms with Crippen molar-refractivity contribution < 1.29 is 9.59 Å². The van der Waals surface area contributed by atoms with Crippen LogP contribution in [0.25, 0.3) is 10.9 Å². The van der Waals surface area contributed by atoms with Crippen LogP contribution in [-0.2, 0) is 4.79 Å². The second-order valence-corrected chi connectivity index (χ2v) is 8.18. The molecule has 3 N–H and O–H groups in total. The number of aromatic nitrogens is 1. The van der Waals surface area contributed by atoms with Gasteiger partial charge in [-0.3, -0.25) is 9.59 Å². The van der Waals surface area contributed by atoms with Crippen molar-refractivity contribution in [2.24, 2.45) is 0 Å². The summed E-state index contributed by atoms with van der Waals surface area (Å²) < 4.78 is 0. The summed E-state index contributed by atoms with van der Waals surface area (Å²) in [4.78, 5) is 28.3. The van der Waals surface area contributed by atoms with Crippen LogP contribution in [0.15, 0.2) is 72.2 Å². The van der Waals surface area contributed by atoms with Crippen LogP contribution in [0.3, 0.4) is 0 Å². The van der Waals surface area contributed by atoms with Crippen LogP contribution in [0, 0.1) is 0 Å². The predicted octanol–water partition coefficient (Wildman–Crippen LogP) is 4.56. The molecule has 0 aliphatic rings. The minimum atomic E-state index is -0.253. The molecular formula is C23H20ClN3O2S. The Morgan fingerprint density at radius 1 is 0.967 bits per heavy atom. The van der Waals surface area contributed by atoms with E-state index in [1.54, 1.807) is 12.1 Å². The number of benzene rings is 2. The Kier molecular flexibility index (Phi) is 6.16. The normalized spacial score (nSPS) is 11.9. The number of nitrogens with one attached hydrogen (secondary N) is 3. The zero-order valence-corrected chi connectivity index (χ0v) is 17.6. The molecule has 1 atom stereocenters. The Labute approximate surface area is 183 Å². The number of carbonyl (C=O) groups excluding carboxylic acids is 2. The molecule has 2 amide bonds. The van der Waals surface area contributed by atoms with Gasteiger partial charge >= 0.3 is 0 Å². The van der Waals surface area contributed by atoms with Gasteiger partial charge in [0.1, 0.15) is 0 Å². The van der Waals surface area contributed by atoms with Crippen molar-refractivity contribution in [1.29, 1.82) is 0 Å².